The van der Waals surface area contributed by atoms with Gasteiger partial charge in [0.2, 0.25) is 0 Å². The smallest absolute Gasteiger partial charge is 0.260 e. The molecule has 0 radical (unpaired) electrons. The second-order valence-electron chi connectivity index (χ2n) is 8.30. The molecule has 0 unspecified atom stereocenters. The van der Waals surface area contributed by atoms with Gasteiger partial charge in [0, 0.05) is 36.9 Å². The average Bonchev–Trinajstić information content (AvgIpc) is 3.02. The summed E-state index contributed by atoms with van der Waals surface area (Å²) in [4.78, 5) is 26.2. The van der Waals surface area contributed by atoms with Crippen molar-refractivity contribution in [2.75, 3.05) is 31.1 Å². The van der Waals surface area contributed by atoms with E-state index in [1.165, 1.54) is 0 Å². The molecule has 0 N–H and O–H groups in total. The molecule has 6 heteroatoms. The van der Waals surface area contributed by atoms with Crippen LogP contribution in [0.15, 0.2) is 36.8 Å². The van der Waals surface area contributed by atoms with E-state index in [1.54, 1.807) is 6.33 Å². The summed E-state index contributed by atoms with van der Waals surface area (Å²) in [5, 5.41) is 0. The normalized spacial score (nSPS) is 22.0. The molecule has 1 aromatic heterocycles. The van der Waals surface area contributed by atoms with E-state index in [1.807, 2.05) is 37.4 Å². The van der Waals surface area contributed by atoms with Crippen LogP contribution in [0.2, 0.25) is 0 Å². The van der Waals surface area contributed by atoms with E-state index in [0.29, 0.717) is 0 Å². The fraction of sp³-hybridized carbons (Fsp3) is 0.522. The van der Waals surface area contributed by atoms with Crippen molar-refractivity contribution in [3.8, 4) is 5.75 Å². The fourth-order valence-corrected chi connectivity index (χ4v) is 4.90. The predicted octanol–water partition coefficient (Wildman–Crippen LogP) is 3.52. The van der Waals surface area contributed by atoms with E-state index in [2.05, 4.69) is 26.7 Å². The molecule has 2 saturated heterocycles. The monoisotopic (exact) mass is 394 g/mol. The van der Waals surface area contributed by atoms with Gasteiger partial charge in [0.15, 0.2) is 6.61 Å². The number of carbonyl (C=O) groups excluding carboxylic acids is 1. The summed E-state index contributed by atoms with van der Waals surface area (Å²) in [5.41, 5.74) is 2.12. The Bertz CT molecular complexity index is 871. The first-order chi connectivity index (χ1) is 14.1. The van der Waals surface area contributed by atoms with Crippen LogP contribution in [0.3, 0.4) is 0 Å². The number of hydrogen-bond donors (Lipinski definition) is 0. The molecule has 3 heterocycles. The van der Waals surface area contributed by atoms with Crippen LogP contribution < -0.4 is 9.64 Å². The summed E-state index contributed by atoms with van der Waals surface area (Å²) >= 11 is 0. The molecule has 154 valence electrons. The average molecular weight is 395 g/mol. The standard InChI is InChI=1S/C23H30N4O2/c1-18-7-3-4-8-20(18)29-16-21(28)27-13-6-10-23(27)9-5-12-26(14-11-23)22-19(2)15-24-17-25-22/h3-4,7-8,15,17H,5-6,9-14,16H2,1-2H3/t23-/m1/s1. The zero-order chi connectivity index (χ0) is 20.3. The van der Waals surface area contributed by atoms with Crippen LogP contribution in [-0.4, -0.2) is 52.6 Å². The van der Waals surface area contributed by atoms with Crippen LogP contribution in [0.25, 0.3) is 0 Å². The van der Waals surface area contributed by atoms with Crippen LogP contribution in [0.4, 0.5) is 5.82 Å². The second-order valence-corrected chi connectivity index (χ2v) is 8.30. The molecule has 1 spiro atoms. The highest BCUT2D eigenvalue weighted by molar-refractivity contribution is 5.79. The summed E-state index contributed by atoms with van der Waals surface area (Å²) in [7, 11) is 0. The van der Waals surface area contributed by atoms with Crippen LogP contribution >= 0.6 is 0 Å². The minimum absolute atomic E-state index is 0.0398. The van der Waals surface area contributed by atoms with Gasteiger partial charge in [0.25, 0.3) is 5.91 Å². The van der Waals surface area contributed by atoms with Gasteiger partial charge in [-0.25, -0.2) is 9.97 Å². The van der Waals surface area contributed by atoms with Crippen molar-refractivity contribution >= 4 is 11.7 Å². The zero-order valence-electron chi connectivity index (χ0n) is 17.4. The molecule has 0 aliphatic carbocycles. The fourth-order valence-electron chi connectivity index (χ4n) is 4.90. The molecular weight excluding hydrogens is 364 g/mol. The maximum absolute atomic E-state index is 13.1. The van der Waals surface area contributed by atoms with Gasteiger partial charge < -0.3 is 14.5 Å². The molecular formula is C23H30N4O2. The number of benzene rings is 1. The maximum Gasteiger partial charge on any atom is 0.260 e. The third kappa shape index (κ3) is 4.07. The number of aryl methyl sites for hydroxylation is 2. The lowest BCUT2D eigenvalue weighted by atomic mass is 9.87. The molecule has 2 aliphatic rings. The first kappa shape index (κ1) is 19.7. The maximum atomic E-state index is 13.1. The number of hydrogen-bond acceptors (Lipinski definition) is 5. The Morgan fingerprint density at radius 2 is 1.86 bits per heavy atom. The summed E-state index contributed by atoms with van der Waals surface area (Å²) < 4.78 is 5.86. The Labute approximate surface area is 172 Å². The van der Waals surface area contributed by atoms with Crippen molar-refractivity contribution in [3.05, 3.63) is 47.9 Å². The lowest BCUT2D eigenvalue weighted by molar-refractivity contribution is -0.138. The predicted molar refractivity (Wildman–Crippen MR) is 113 cm³/mol. The largest absolute Gasteiger partial charge is 0.484 e. The Balaban J connectivity index is 1.43. The summed E-state index contributed by atoms with van der Waals surface area (Å²) in [6.45, 7) is 6.90. The van der Waals surface area contributed by atoms with Gasteiger partial charge in [0.1, 0.15) is 17.9 Å². The van der Waals surface area contributed by atoms with Crippen LogP contribution in [0.5, 0.6) is 5.75 Å². The van der Waals surface area contributed by atoms with E-state index in [9.17, 15) is 4.79 Å². The van der Waals surface area contributed by atoms with E-state index >= 15 is 0 Å². The molecule has 0 saturated carbocycles. The van der Waals surface area contributed by atoms with Crippen LogP contribution in [-0.2, 0) is 4.79 Å². The van der Waals surface area contributed by atoms with Crippen molar-refractivity contribution in [2.24, 2.45) is 0 Å². The van der Waals surface area contributed by atoms with E-state index in [4.69, 9.17) is 4.74 Å². The molecule has 2 fully saturated rings. The van der Waals surface area contributed by atoms with E-state index in [0.717, 1.165) is 74.4 Å². The minimum Gasteiger partial charge on any atom is -0.484 e. The number of likely N-dealkylation sites (tertiary alicyclic amines) is 1. The molecule has 1 amide bonds. The SMILES string of the molecule is Cc1ccccc1OCC(=O)N1CCC[C@@]12CCCN(c1ncncc1C)CC2. The zero-order valence-corrected chi connectivity index (χ0v) is 17.4. The third-order valence-electron chi connectivity index (χ3n) is 6.43. The molecule has 29 heavy (non-hydrogen) atoms. The highest BCUT2D eigenvalue weighted by atomic mass is 16.5. The van der Waals surface area contributed by atoms with E-state index < -0.39 is 0 Å². The lowest BCUT2D eigenvalue weighted by Crippen LogP contribution is -2.49. The summed E-state index contributed by atoms with van der Waals surface area (Å²) in [5.74, 6) is 1.92. The number of para-hydroxylation sites is 1. The topological polar surface area (TPSA) is 58.6 Å². The first-order valence-electron chi connectivity index (χ1n) is 10.6. The Hall–Kier alpha value is -2.63. The number of amides is 1. The van der Waals surface area contributed by atoms with Gasteiger partial charge in [0.05, 0.1) is 0 Å². The van der Waals surface area contributed by atoms with Crippen molar-refractivity contribution in [1.29, 1.82) is 0 Å². The van der Waals surface area contributed by atoms with Crippen LogP contribution in [0.1, 0.15) is 43.2 Å². The molecule has 2 aromatic rings. The lowest BCUT2D eigenvalue weighted by Gasteiger charge is -2.38. The number of rotatable bonds is 4. The Morgan fingerprint density at radius 3 is 2.66 bits per heavy atom. The Morgan fingerprint density at radius 1 is 1.07 bits per heavy atom. The van der Waals surface area contributed by atoms with E-state index in [-0.39, 0.29) is 18.1 Å². The number of anilines is 1. The van der Waals surface area contributed by atoms with Gasteiger partial charge in [-0.05, 0) is 57.6 Å². The molecule has 6 nitrogen and oxygen atoms in total. The van der Waals surface area contributed by atoms with Crippen molar-refractivity contribution in [2.45, 2.75) is 51.5 Å². The number of aromatic nitrogens is 2. The molecule has 2 aliphatic heterocycles. The quantitative estimate of drug-likeness (QED) is 0.794. The van der Waals surface area contributed by atoms with Crippen molar-refractivity contribution in [1.82, 2.24) is 14.9 Å². The minimum atomic E-state index is -0.0398. The summed E-state index contributed by atoms with van der Waals surface area (Å²) in [6.07, 6.45) is 8.74. The van der Waals surface area contributed by atoms with Crippen LogP contribution in [0, 0.1) is 13.8 Å². The van der Waals surface area contributed by atoms with Gasteiger partial charge >= 0.3 is 0 Å². The Kier molecular flexibility index (Phi) is 5.69. The van der Waals surface area contributed by atoms with Gasteiger partial charge in [-0.1, -0.05) is 18.2 Å². The molecule has 0 bridgehead atoms. The van der Waals surface area contributed by atoms with Crippen molar-refractivity contribution < 1.29 is 9.53 Å². The van der Waals surface area contributed by atoms with Crippen molar-refractivity contribution in [3.63, 3.8) is 0 Å². The number of nitrogens with zero attached hydrogens (tertiary/aromatic N) is 4. The number of carbonyl (C=O) groups is 1. The highest BCUT2D eigenvalue weighted by Gasteiger charge is 2.44. The third-order valence-corrected chi connectivity index (χ3v) is 6.43. The highest BCUT2D eigenvalue weighted by Crippen LogP contribution is 2.39. The molecule has 4 rings (SSSR count). The second kappa shape index (κ2) is 8.39. The first-order valence-corrected chi connectivity index (χ1v) is 10.6. The molecule has 1 aromatic carbocycles. The summed E-state index contributed by atoms with van der Waals surface area (Å²) in [6, 6.07) is 7.86. The molecule has 1 atom stereocenters. The van der Waals surface area contributed by atoms with Gasteiger partial charge in [-0.2, -0.15) is 0 Å². The van der Waals surface area contributed by atoms with Gasteiger partial charge in [-0.15, -0.1) is 0 Å². The number of ether oxygens (including phenoxy) is 1. The van der Waals surface area contributed by atoms with Gasteiger partial charge in [-0.3, -0.25) is 4.79 Å².